The van der Waals surface area contributed by atoms with E-state index in [-0.39, 0.29) is 6.61 Å². The molecule has 96 valence electrons. The predicted octanol–water partition coefficient (Wildman–Crippen LogP) is -0.166. The molecule has 6 nitrogen and oxygen atoms in total. The third kappa shape index (κ3) is 2.85. The maximum absolute atomic E-state index is 11.8. The van der Waals surface area contributed by atoms with E-state index in [4.69, 9.17) is 10.5 Å². The lowest BCUT2D eigenvalue weighted by atomic mass is 9.97. The van der Waals surface area contributed by atoms with Gasteiger partial charge < -0.3 is 10.5 Å². The monoisotopic (exact) mass is 250 g/mol. The van der Waals surface area contributed by atoms with Crippen molar-refractivity contribution in [3.05, 3.63) is 35.4 Å². The van der Waals surface area contributed by atoms with Crippen LogP contribution < -0.4 is 11.2 Å². The lowest BCUT2D eigenvalue weighted by Crippen LogP contribution is -2.35. The second kappa shape index (κ2) is 5.61. The van der Waals surface area contributed by atoms with Crippen LogP contribution in [0.15, 0.2) is 24.3 Å². The minimum absolute atomic E-state index is 0.361. The Morgan fingerprint density at radius 1 is 1.44 bits per heavy atom. The third-order valence-electron chi connectivity index (χ3n) is 2.62. The van der Waals surface area contributed by atoms with Crippen molar-refractivity contribution >= 4 is 11.8 Å². The predicted molar refractivity (Wildman–Crippen MR) is 62.1 cm³/mol. The SMILES string of the molecule is NC(=O)CONC(=O)C1OCCc2ccccc21. The van der Waals surface area contributed by atoms with E-state index in [1.54, 1.807) is 0 Å². The van der Waals surface area contributed by atoms with Crippen LogP contribution in [0.25, 0.3) is 0 Å². The molecule has 1 aliphatic rings. The Hall–Kier alpha value is -1.92. The smallest absolute Gasteiger partial charge is 0.277 e. The number of amides is 2. The number of nitrogens with one attached hydrogen (secondary N) is 1. The molecule has 0 saturated carbocycles. The second-order valence-electron chi connectivity index (χ2n) is 3.92. The van der Waals surface area contributed by atoms with E-state index in [1.165, 1.54) is 0 Å². The molecule has 0 bridgehead atoms. The zero-order chi connectivity index (χ0) is 13.0. The molecule has 0 saturated heterocycles. The molecule has 0 radical (unpaired) electrons. The van der Waals surface area contributed by atoms with E-state index >= 15 is 0 Å². The van der Waals surface area contributed by atoms with Gasteiger partial charge >= 0.3 is 0 Å². The molecule has 1 atom stereocenters. The number of hydrogen-bond acceptors (Lipinski definition) is 4. The van der Waals surface area contributed by atoms with Crippen molar-refractivity contribution in [3.63, 3.8) is 0 Å². The zero-order valence-electron chi connectivity index (χ0n) is 9.72. The lowest BCUT2D eigenvalue weighted by Gasteiger charge is -2.24. The molecule has 2 amide bonds. The van der Waals surface area contributed by atoms with Gasteiger partial charge in [0.1, 0.15) is 0 Å². The Morgan fingerprint density at radius 3 is 3.00 bits per heavy atom. The molecular formula is C12H14N2O4. The number of hydroxylamine groups is 1. The van der Waals surface area contributed by atoms with Crippen molar-refractivity contribution < 1.29 is 19.2 Å². The fourth-order valence-corrected chi connectivity index (χ4v) is 1.84. The third-order valence-corrected chi connectivity index (χ3v) is 2.62. The summed E-state index contributed by atoms with van der Waals surface area (Å²) in [6, 6.07) is 7.57. The molecule has 1 heterocycles. The molecule has 0 fully saturated rings. The van der Waals surface area contributed by atoms with Gasteiger partial charge in [-0.1, -0.05) is 24.3 Å². The fraction of sp³-hybridized carbons (Fsp3) is 0.333. The van der Waals surface area contributed by atoms with Crippen LogP contribution in [-0.4, -0.2) is 25.0 Å². The first-order chi connectivity index (χ1) is 8.68. The van der Waals surface area contributed by atoms with Crippen LogP contribution in [0, 0.1) is 0 Å². The summed E-state index contributed by atoms with van der Waals surface area (Å²) in [5.41, 5.74) is 8.95. The Morgan fingerprint density at radius 2 is 2.22 bits per heavy atom. The van der Waals surface area contributed by atoms with Crippen LogP contribution in [0.1, 0.15) is 17.2 Å². The first-order valence-corrected chi connectivity index (χ1v) is 5.58. The van der Waals surface area contributed by atoms with Crippen molar-refractivity contribution in [3.8, 4) is 0 Å². The summed E-state index contributed by atoms with van der Waals surface area (Å²) >= 11 is 0. The van der Waals surface area contributed by atoms with Crippen molar-refractivity contribution in [1.29, 1.82) is 0 Å². The van der Waals surface area contributed by atoms with Crippen molar-refractivity contribution in [1.82, 2.24) is 5.48 Å². The number of carbonyl (C=O) groups excluding carboxylic acids is 2. The zero-order valence-corrected chi connectivity index (χ0v) is 9.72. The molecule has 2 rings (SSSR count). The quantitative estimate of drug-likeness (QED) is 0.726. The first kappa shape index (κ1) is 12.5. The molecule has 1 unspecified atom stereocenters. The number of carbonyl (C=O) groups is 2. The maximum atomic E-state index is 11.8. The molecule has 0 spiro atoms. The number of fused-ring (bicyclic) bond motifs is 1. The topological polar surface area (TPSA) is 90.7 Å². The lowest BCUT2D eigenvalue weighted by molar-refractivity contribution is -0.149. The van der Waals surface area contributed by atoms with Gasteiger partial charge in [0.05, 0.1) is 6.61 Å². The number of rotatable bonds is 4. The summed E-state index contributed by atoms with van der Waals surface area (Å²) in [7, 11) is 0. The number of benzene rings is 1. The highest BCUT2D eigenvalue weighted by atomic mass is 16.7. The molecule has 0 aliphatic carbocycles. The number of ether oxygens (including phenoxy) is 1. The molecule has 1 aliphatic heterocycles. The van der Waals surface area contributed by atoms with Gasteiger partial charge in [-0.05, 0) is 17.5 Å². The van der Waals surface area contributed by atoms with E-state index in [0.29, 0.717) is 6.61 Å². The molecule has 18 heavy (non-hydrogen) atoms. The summed E-state index contributed by atoms with van der Waals surface area (Å²) in [5.74, 6) is -1.09. The van der Waals surface area contributed by atoms with Gasteiger partial charge in [0.15, 0.2) is 12.7 Å². The van der Waals surface area contributed by atoms with E-state index in [1.807, 2.05) is 24.3 Å². The molecule has 1 aromatic rings. The Labute approximate surface area is 104 Å². The van der Waals surface area contributed by atoms with Crippen molar-refractivity contribution in [2.75, 3.05) is 13.2 Å². The van der Waals surface area contributed by atoms with Gasteiger partial charge in [-0.2, -0.15) is 0 Å². The van der Waals surface area contributed by atoms with E-state index in [2.05, 4.69) is 10.3 Å². The number of primary amides is 1. The molecule has 0 aromatic heterocycles. The van der Waals surface area contributed by atoms with E-state index in [0.717, 1.165) is 17.5 Å². The maximum Gasteiger partial charge on any atom is 0.277 e. The molecule has 1 aromatic carbocycles. The van der Waals surface area contributed by atoms with Gasteiger partial charge in [0.25, 0.3) is 5.91 Å². The second-order valence-corrected chi connectivity index (χ2v) is 3.92. The highest BCUT2D eigenvalue weighted by Gasteiger charge is 2.27. The van der Waals surface area contributed by atoms with Gasteiger partial charge in [-0.3, -0.25) is 14.4 Å². The first-order valence-electron chi connectivity index (χ1n) is 5.58. The van der Waals surface area contributed by atoms with Crippen LogP contribution in [0.4, 0.5) is 0 Å². The summed E-state index contributed by atoms with van der Waals surface area (Å²) in [6.07, 6.45) is 0.0741. The average molecular weight is 250 g/mol. The number of hydrogen-bond donors (Lipinski definition) is 2. The molecule has 3 N–H and O–H groups in total. The summed E-state index contributed by atoms with van der Waals surface area (Å²) < 4.78 is 5.42. The summed E-state index contributed by atoms with van der Waals surface area (Å²) in [6.45, 7) is 0.116. The standard InChI is InChI=1S/C12H14N2O4/c13-10(15)7-18-14-12(16)11-9-4-2-1-3-8(9)5-6-17-11/h1-4,11H,5-7H2,(H2,13,15)(H,14,16). The minimum atomic E-state index is -0.706. The van der Waals surface area contributed by atoms with Crippen molar-refractivity contribution in [2.45, 2.75) is 12.5 Å². The van der Waals surface area contributed by atoms with Crippen LogP contribution in [0.2, 0.25) is 0 Å². The Kier molecular flexibility index (Phi) is 3.91. The highest BCUT2D eigenvalue weighted by molar-refractivity contribution is 5.82. The largest absolute Gasteiger partial charge is 0.368 e. The van der Waals surface area contributed by atoms with E-state index < -0.39 is 17.9 Å². The van der Waals surface area contributed by atoms with Crippen LogP contribution in [0.3, 0.4) is 0 Å². The molecular weight excluding hydrogens is 236 g/mol. The summed E-state index contributed by atoms with van der Waals surface area (Å²) in [5, 5.41) is 0. The fourth-order valence-electron chi connectivity index (χ4n) is 1.84. The van der Waals surface area contributed by atoms with Crippen LogP contribution >= 0.6 is 0 Å². The average Bonchev–Trinajstić information content (AvgIpc) is 2.37. The van der Waals surface area contributed by atoms with Gasteiger partial charge in [0.2, 0.25) is 5.91 Å². The number of nitrogens with two attached hydrogens (primary N) is 1. The minimum Gasteiger partial charge on any atom is -0.368 e. The van der Waals surface area contributed by atoms with Crippen LogP contribution in [-0.2, 0) is 25.6 Å². The summed E-state index contributed by atoms with van der Waals surface area (Å²) in [4.78, 5) is 27.0. The van der Waals surface area contributed by atoms with Gasteiger partial charge in [-0.15, -0.1) is 0 Å². The normalized spacial score (nSPS) is 17.9. The Balaban J connectivity index is 2.01. The Bertz CT molecular complexity index is 461. The molecule has 6 heteroatoms. The van der Waals surface area contributed by atoms with E-state index in [9.17, 15) is 9.59 Å². The highest BCUT2D eigenvalue weighted by Crippen LogP contribution is 2.26. The van der Waals surface area contributed by atoms with Gasteiger partial charge in [-0.25, -0.2) is 5.48 Å². The van der Waals surface area contributed by atoms with Gasteiger partial charge in [0, 0.05) is 0 Å². The van der Waals surface area contributed by atoms with Crippen molar-refractivity contribution in [2.24, 2.45) is 5.73 Å². The van der Waals surface area contributed by atoms with Crippen LogP contribution in [0.5, 0.6) is 0 Å².